The molecule has 0 aromatic carbocycles. The van der Waals surface area contributed by atoms with E-state index in [1.807, 2.05) is 0 Å². The van der Waals surface area contributed by atoms with Gasteiger partial charge in [0.25, 0.3) is 0 Å². The van der Waals surface area contributed by atoms with Crippen LogP contribution in [0.2, 0.25) is 0 Å². The monoisotopic (exact) mass is 196 g/mol. The fraction of sp³-hybridized carbons (Fsp3) is 0.923. The molecular formula is C13H24O. The quantitative estimate of drug-likeness (QED) is 0.482. The van der Waals surface area contributed by atoms with E-state index < -0.39 is 0 Å². The fourth-order valence-electron chi connectivity index (χ4n) is 2.73. The molecule has 1 fully saturated rings. The molecule has 0 amide bonds. The second-order valence-corrected chi connectivity index (χ2v) is 5.45. The summed E-state index contributed by atoms with van der Waals surface area (Å²) in [6, 6.07) is 0. The number of rotatable bonds is 5. The molecule has 1 unspecified atom stereocenters. The minimum absolute atomic E-state index is 0.529. The second kappa shape index (κ2) is 4.95. The second-order valence-electron chi connectivity index (χ2n) is 5.45. The van der Waals surface area contributed by atoms with E-state index in [2.05, 4.69) is 20.8 Å². The SMILES string of the molecule is CC1CC[C@H](CCCCC=O)C1(C)C. The first-order valence-electron chi connectivity index (χ1n) is 6.02. The largest absolute Gasteiger partial charge is 0.303 e. The Bertz CT molecular complexity index is 184. The maximum Gasteiger partial charge on any atom is 0.119 e. The van der Waals surface area contributed by atoms with Gasteiger partial charge in [0.1, 0.15) is 6.29 Å². The minimum atomic E-state index is 0.529. The fourth-order valence-corrected chi connectivity index (χ4v) is 2.73. The summed E-state index contributed by atoms with van der Waals surface area (Å²) < 4.78 is 0. The molecule has 0 aliphatic heterocycles. The van der Waals surface area contributed by atoms with Gasteiger partial charge in [-0.05, 0) is 42.9 Å². The van der Waals surface area contributed by atoms with Crippen LogP contribution in [-0.4, -0.2) is 6.29 Å². The van der Waals surface area contributed by atoms with Gasteiger partial charge in [-0.3, -0.25) is 0 Å². The van der Waals surface area contributed by atoms with E-state index in [0.29, 0.717) is 5.41 Å². The van der Waals surface area contributed by atoms with E-state index >= 15 is 0 Å². The van der Waals surface area contributed by atoms with Crippen molar-refractivity contribution in [1.82, 2.24) is 0 Å². The number of unbranched alkanes of at least 4 members (excludes halogenated alkanes) is 2. The number of hydrogen-bond donors (Lipinski definition) is 0. The third-order valence-corrected chi connectivity index (χ3v) is 4.40. The van der Waals surface area contributed by atoms with Gasteiger partial charge in [0.05, 0.1) is 0 Å². The van der Waals surface area contributed by atoms with Crippen LogP contribution in [0, 0.1) is 17.3 Å². The van der Waals surface area contributed by atoms with Crippen molar-refractivity contribution in [3.8, 4) is 0 Å². The van der Waals surface area contributed by atoms with Crippen molar-refractivity contribution in [2.75, 3.05) is 0 Å². The topological polar surface area (TPSA) is 17.1 Å². The Hall–Kier alpha value is -0.330. The Morgan fingerprint density at radius 3 is 2.50 bits per heavy atom. The van der Waals surface area contributed by atoms with Crippen molar-refractivity contribution >= 4 is 6.29 Å². The van der Waals surface area contributed by atoms with Crippen LogP contribution in [0.1, 0.15) is 59.3 Å². The van der Waals surface area contributed by atoms with Crippen molar-refractivity contribution in [2.24, 2.45) is 17.3 Å². The molecule has 0 heterocycles. The average molecular weight is 196 g/mol. The highest BCUT2D eigenvalue weighted by atomic mass is 16.1. The van der Waals surface area contributed by atoms with Crippen molar-refractivity contribution in [1.29, 1.82) is 0 Å². The number of carbonyl (C=O) groups is 1. The molecule has 0 aromatic heterocycles. The number of hydrogen-bond acceptors (Lipinski definition) is 1. The zero-order chi connectivity index (χ0) is 10.6. The molecule has 0 N–H and O–H groups in total. The van der Waals surface area contributed by atoms with Gasteiger partial charge in [0, 0.05) is 6.42 Å². The van der Waals surface area contributed by atoms with Crippen LogP contribution in [0.4, 0.5) is 0 Å². The maximum atomic E-state index is 10.2. The van der Waals surface area contributed by atoms with Crippen LogP contribution >= 0.6 is 0 Å². The van der Waals surface area contributed by atoms with E-state index in [-0.39, 0.29) is 0 Å². The lowest BCUT2D eigenvalue weighted by Gasteiger charge is -2.31. The van der Waals surface area contributed by atoms with Crippen molar-refractivity contribution in [3.05, 3.63) is 0 Å². The molecule has 0 saturated heterocycles. The highest BCUT2D eigenvalue weighted by molar-refractivity contribution is 5.48. The van der Waals surface area contributed by atoms with Gasteiger partial charge in [-0.2, -0.15) is 0 Å². The molecule has 14 heavy (non-hydrogen) atoms. The average Bonchev–Trinajstić information content (AvgIpc) is 2.38. The van der Waals surface area contributed by atoms with E-state index in [0.717, 1.165) is 31.0 Å². The number of aldehydes is 1. The molecule has 0 spiro atoms. The Balaban J connectivity index is 2.28. The van der Waals surface area contributed by atoms with E-state index in [1.165, 1.54) is 25.7 Å². The summed E-state index contributed by atoms with van der Waals surface area (Å²) in [5, 5.41) is 0. The van der Waals surface area contributed by atoms with Gasteiger partial charge < -0.3 is 4.79 Å². The highest BCUT2D eigenvalue weighted by Gasteiger charge is 2.39. The van der Waals surface area contributed by atoms with Crippen molar-refractivity contribution in [2.45, 2.75) is 59.3 Å². The lowest BCUT2D eigenvalue weighted by atomic mass is 9.74. The predicted octanol–water partition coefficient (Wildman–Crippen LogP) is 3.82. The van der Waals surface area contributed by atoms with Crippen molar-refractivity contribution in [3.63, 3.8) is 0 Å². The molecule has 1 aliphatic rings. The van der Waals surface area contributed by atoms with E-state index in [1.54, 1.807) is 0 Å². The Morgan fingerprint density at radius 2 is 2.00 bits per heavy atom. The minimum Gasteiger partial charge on any atom is -0.303 e. The van der Waals surface area contributed by atoms with Crippen LogP contribution in [0.5, 0.6) is 0 Å². The summed E-state index contributed by atoms with van der Waals surface area (Å²) in [6.07, 6.45) is 8.24. The molecule has 1 rings (SSSR count). The molecule has 2 atom stereocenters. The first-order chi connectivity index (χ1) is 6.59. The molecule has 0 radical (unpaired) electrons. The van der Waals surface area contributed by atoms with Crippen molar-refractivity contribution < 1.29 is 4.79 Å². The number of carbonyl (C=O) groups excluding carboxylic acids is 1. The standard InChI is InChI=1S/C13H24O/c1-11-8-9-12(13(11,2)3)7-5-4-6-10-14/h10-12H,4-9H2,1-3H3/t11?,12-/m0/s1. The summed E-state index contributed by atoms with van der Waals surface area (Å²) >= 11 is 0. The van der Waals surface area contributed by atoms with Crippen LogP contribution in [-0.2, 0) is 4.79 Å². The first kappa shape index (κ1) is 11.7. The summed E-state index contributed by atoms with van der Waals surface area (Å²) in [7, 11) is 0. The third-order valence-electron chi connectivity index (χ3n) is 4.40. The molecule has 1 heteroatoms. The molecule has 0 aromatic rings. The summed E-state index contributed by atoms with van der Waals surface area (Å²) in [4.78, 5) is 10.2. The van der Waals surface area contributed by atoms with Gasteiger partial charge in [-0.1, -0.05) is 27.2 Å². The van der Waals surface area contributed by atoms with Gasteiger partial charge in [0.2, 0.25) is 0 Å². The van der Waals surface area contributed by atoms with Gasteiger partial charge in [-0.15, -0.1) is 0 Å². The van der Waals surface area contributed by atoms with Gasteiger partial charge in [-0.25, -0.2) is 0 Å². The zero-order valence-corrected chi connectivity index (χ0v) is 9.88. The molecule has 82 valence electrons. The molecule has 1 nitrogen and oxygen atoms in total. The molecule has 1 aliphatic carbocycles. The van der Waals surface area contributed by atoms with E-state index in [9.17, 15) is 4.79 Å². The smallest absolute Gasteiger partial charge is 0.119 e. The molecular weight excluding hydrogens is 172 g/mol. The molecule has 0 bridgehead atoms. The zero-order valence-electron chi connectivity index (χ0n) is 9.88. The van der Waals surface area contributed by atoms with Gasteiger partial charge in [0.15, 0.2) is 0 Å². The maximum absolute atomic E-state index is 10.2. The lowest BCUT2D eigenvalue weighted by molar-refractivity contribution is -0.107. The Morgan fingerprint density at radius 1 is 1.29 bits per heavy atom. The summed E-state index contributed by atoms with van der Waals surface area (Å²) in [5.74, 6) is 1.77. The molecule has 1 saturated carbocycles. The third kappa shape index (κ3) is 2.59. The first-order valence-corrected chi connectivity index (χ1v) is 6.02. The van der Waals surface area contributed by atoms with Crippen LogP contribution in [0.25, 0.3) is 0 Å². The summed E-state index contributed by atoms with van der Waals surface area (Å²) in [5.41, 5.74) is 0.529. The Labute approximate surface area is 88.3 Å². The van der Waals surface area contributed by atoms with Crippen LogP contribution in [0.3, 0.4) is 0 Å². The Kier molecular flexibility index (Phi) is 4.15. The highest BCUT2D eigenvalue weighted by Crippen LogP contribution is 2.49. The van der Waals surface area contributed by atoms with Crippen LogP contribution in [0.15, 0.2) is 0 Å². The lowest BCUT2D eigenvalue weighted by Crippen LogP contribution is -2.23. The van der Waals surface area contributed by atoms with Gasteiger partial charge >= 0.3 is 0 Å². The van der Waals surface area contributed by atoms with Crippen LogP contribution < -0.4 is 0 Å². The predicted molar refractivity (Wildman–Crippen MR) is 60.2 cm³/mol. The normalized spacial score (nSPS) is 30.5. The van der Waals surface area contributed by atoms with E-state index in [4.69, 9.17) is 0 Å². The summed E-state index contributed by atoms with van der Waals surface area (Å²) in [6.45, 7) is 7.20.